The van der Waals surface area contributed by atoms with Crippen LogP contribution in [0.15, 0.2) is 41.1 Å². The van der Waals surface area contributed by atoms with Gasteiger partial charge in [-0.1, -0.05) is 0 Å². The quantitative estimate of drug-likeness (QED) is 0.870. The maximum Gasteiger partial charge on any atom is 0.169 e. The Morgan fingerprint density at radius 2 is 2.06 bits per heavy atom. The second kappa shape index (κ2) is 5.52. The van der Waals surface area contributed by atoms with Crippen LogP contribution in [-0.2, 0) is 0 Å². The van der Waals surface area contributed by atoms with Crippen LogP contribution in [-0.4, -0.2) is 12.1 Å². The van der Waals surface area contributed by atoms with Crippen LogP contribution in [0.5, 0.6) is 17.2 Å². The molecular formula is C13H9BrN2O2. The molecule has 0 amide bonds. The van der Waals surface area contributed by atoms with Crippen molar-refractivity contribution in [1.29, 1.82) is 5.26 Å². The maximum absolute atomic E-state index is 8.81. The number of hydrogen-bond donors (Lipinski definition) is 0. The monoisotopic (exact) mass is 304 g/mol. The van der Waals surface area contributed by atoms with Crippen molar-refractivity contribution in [2.45, 2.75) is 0 Å². The molecule has 0 radical (unpaired) electrons. The first-order valence-corrected chi connectivity index (χ1v) is 5.89. The van der Waals surface area contributed by atoms with E-state index in [1.54, 1.807) is 36.7 Å². The van der Waals surface area contributed by atoms with Crippen molar-refractivity contribution in [3.8, 4) is 23.3 Å². The number of rotatable bonds is 3. The normalized spacial score (nSPS) is 9.61. The lowest BCUT2D eigenvalue weighted by atomic mass is 10.2. The highest BCUT2D eigenvalue weighted by Gasteiger charge is 2.07. The van der Waals surface area contributed by atoms with Crippen molar-refractivity contribution < 1.29 is 9.47 Å². The van der Waals surface area contributed by atoms with Crippen LogP contribution in [0.1, 0.15) is 5.56 Å². The standard InChI is InChI=1S/C13H9BrN2O2/c1-17-13-4-9(6-15)2-3-12(13)18-11-5-10(14)7-16-8-11/h2-5,7-8H,1H3. The molecule has 1 heterocycles. The zero-order valence-corrected chi connectivity index (χ0v) is 11.1. The lowest BCUT2D eigenvalue weighted by Crippen LogP contribution is -1.91. The van der Waals surface area contributed by atoms with Crippen LogP contribution in [0, 0.1) is 11.3 Å². The fourth-order valence-corrected chi connectivity index (χ4v) is 1.74. The number of nitrogens with zero attached hydrogens (tertiary/aromatic N) is 2. The molecule has 0 bridgehead atoms. The van der Waals surface area contributed by atoms with Gasteiger partial charge in [0.2, 0.25) is 0 Å². The van der Waals surface area contributed by atoms with Crippen molar-refractivity contribution in [2.75, 3.05) is 7.11 Å². The fourth-order valence-electron chi connectivity index (χ4n) is 1.40. The van der Waals surface area contributed by atoms with Crippen LogP contribution in [0.25, 0.3) is 0 Å². The summed E-state index contributed by atoms with van der Waals surface area (Å²) in [7, 11) is 1.53. The van der Waals surface area contributed by atoms with E-state index < -0.39 is 0 Å². The van der Waals surface area contributed by atoms with Gasteiger partial charge in [-0.3, -0.25) is 4.98 Å². The molecule has 0 spiro atoms. The molecule has 2 aromatic rings. The molecule has 0 N–H and O–H groups in total. The Morgan fingerprint density at radius 3 is 2.72 bits per heavy atom. The van der Waals surface area contributed by atoms with Crippen molar-refractivity contribution >= 4 is 15.9 Å². The molecule has 1 aromatic heterocycles. The first-order valence-electron chi connectivity index (χ1n) is 5.09. The predicted molar refractivity (Wildman–Crippen MR) is 69.7 cm³/mol. The topological polar surface area (TPSA) is 55.1 Å². The number of methoxy groups -OCH3 is 1. The van der Waals surface area contributed by atoms with Gasteiger partial charge >= 0.3 is 0 Å². The molecule has 90 valence electrons. The van der Waals surface area contributed by atoms with E-state index in [9.17, 15) is 0 Å². The van der Waals surface area contributed by atoms with Crippen LogP contribution >= 0.6 is 15.9 Å². The van der Waals surface area contributed by atoms with Gasteiger partial charge in [0.05, 0.1) is 24.9 Å². The highest BCUT2D eigenvalue weighted by Crippen LogP contribution is 2.32. The first-order chi connectivity index (χ1) is 8.72. The molecular weight excluding hydrogens is 296 g/mol. The number of pyridine rings is 1. The summed E-state index contributed by atoms with van der Waals surface area (Å²) in [5.74, 6) is 1.64. The Hall–Kier alpha value is -2.06. The van der Waals surface area contributed by atoms with Gasteiger partial charge in [0, 0.05) is 16.7 Å². The maximum atomic E-state index is 8.81. The van der Waals surface area contributed by atoms with E-state index in [1.165, 1.54) is 7.11 Å². The highest BCUT2D eigenvalue weighted by atomic mass is 79.9. The van der Waals surface area contributed by atoms with Crippen molar-refractivity contribution in [3.05, 3.63) is 46.7 Å². The smallest absolute Gasteiger partial charge is 0.169 e. The minimum atomic E-state index is 0.508. The Labute approximate surface area is 113 Å². The Kier molecular flexibility index (Phi) is 3.80. The average molecular weight is 305 g/mol. The molecule has 0 unspecified atom stereocenters. The molecule has 1 aromatic carbocycles. The van der Waals surface area contributed by atoms with Crippen LogP contribution in [0.3, 0.4) is 0 Å². The molecule has 0 aliphatic heterocycles. The Bertz CT molecular complexity index is 608. The molecule has 0 aliphatic rings. The summed E-state index contributed by atoms with van der Waals surface area (Å²) >= 11 is 3.32. The molecule has 4 nitrogen and oxygen atoms in total. The zero-order chi connectivity index (χ0) is 13.0. The van der Waals surface area contributed by atoms with E-state index in [0.29, 0.717) is 22.8 Å². The Balaban J connectivity index is 2.32. The van der Waals surface area contributed by atoms with Gasteiger partial charge in [-0.05, 0) is 34.1 Å². The van der Waals surface area contributed by atoms with E-state index in [1.807, 2.05) is 6.07 Å². The van der Waals surface area contributed by atoms with Crippen LogP contribution in [0.2, 0.25) is 0 Å². The zero-order valence-electron chi connectivity index (χ0n) is 9.55. The number of benzene rings is 1. The van der Waals surface area contributed by atoms with Gasteiger partial charge in [0.25, 0.3) is 0 Å². The minimum absolute atomic E-state index is 0.508. The molecule has 0 fully saturated rings. The van der Waals surface area contributed by atoms with Crippen molar-refractivity contribution in [1.82, 2.24) is 4.98 Å². The molecule has 0 aliphatic carbocycles. The summed E-state index contributed by atoms with van der Waals surface area (Å²) in [6.45, 7) is 0. The molecule has 2 rings (SSSR count). The van der Waals surface area contributed by atoms with E-state index in [0.717, 1.165) is 4.47 Å². The molecule has 18 heavy (non-hydrogen) atoms. The third-order valence-corrected chi connectivity index (χ3v) is 2.63. The van der Waals surface area contributed by atoms with Gasteiger partial charge in [-0.25, -0.2) is 0 Å². The number of ether oxygens (including phenoxy) is 2. The SMILES string of the molecule is COc1cc(C#N)ccc1Oc1cncc(Br)c1. The summed E-state index contributed by atoms with van der Waals surface area (Å²) in [6, 6.07) is 8.83. The summed E-state index contributed by atoms with van der Waals surface area (Å²) in [5, 5.41) is 8.81. The highest BCUT2D eigenvalue weighted by molar-refractivity contribution is 9.10. The second-order valence-corrected chi connectivity index (χ2v) is 4.33. The van der Waals surface area contributed by atoms with Gasteiger partial charge < -0.3 is 9.47 Å². The van der Waals surface area contributed by atoms with Crippen molar-refractivity contribution in [3.63, 3.8) is 0 Å². The predicted octanol–water partition coefficient (Wildman–Crippen LogP) is 3.52. The van der Waals surface area contributed by atoms with E-state index >= 15 is 0 Å². The lowest BCUT2D eigenvalue weighted by Gasteiger charge is -2.10. The summed E-state index contributed by atoms with van der Waals surface area (Å²) in [6.07, 6.45) is 3.27. The van der Waals surface area contributed by atoms with Gasteiger partial charge in [-0.2, -0.15) is 5.26 Å². The van der Waals surface area contributed by atoms with Crippen molar-refractivity contribution in [2.24, 2.45) is 0 Å². The molecule has 0 saturated heterocycles. The summed E-state index contributed by atoms with van der Waals surface area (Å²) < 4.78 is 11.7. The van der Waals surface area contributed by atoms with Crippen LogP contribution < -0.4 is 9.47 Å². The average Bonchev–Trinajstić information content (AvgIpc) is 2.39. The minimum Gasteiger partial charge on any atom is -0.493 e. The third-order valence-electron chi connectivity index (χ3n) is 2.20. The van der Waals surface area contributed by atoms with E-state index in [4.69, 9.17) is 14.7 Å². The largest absolute Gasteiger partial charge is 0.493 e. The van der Waals surface area contributed by atoms with Gasteiger partial charge in [0.1, 0.15) is 5.75 Å². The van der Waals surface area contributed by atoms with Gasteiger partial charge in [-0.15, -0.1) is 0 Å². The number of aromatic nitrogens is 1. The molecule has 5 heteroatoms. The number of nitriles is 1. The molecule has 0 atom stereocenters. The Morgan fingerprint density at radius 1 is 1.22 bits per heavy atom. The fraction of sp³-hybridized carbons (Fsp3) is 0.0769. The number of halogens is 1. The lowest BCUT2D eigenvalue weighted by molar-refractivity contribution is 0.378. The second-order valence-electron chi connectivity index (χ2n) is 3.42. The number of hydrogen-bond acceptors (Lipinski definition) is 4. The van der Waals surface area contributed by atoms with E-state index in [-0.39, 0.29) is 0 Å². The first kappa shape index (κ1) is 12.4. The van der Waals surface area contributed by atoms with Crippen LogP contribution in [0.4, 0.5) is 0 Å². The molecule has 0 saturated carbocycles. The summed E-state index contributed by atoms with van der Waals surface area (Å²) in [4.78, 5) is 4.00. The third kappa shape index (κ3) is 2.79. The van der Waals surface area contributed by atoms with Gasteiger partial charge in [0.15, 0.2) is 11.5 Å². The summed E-state index contributed by atoms with van der Waals surface area (Å²) in [5.41, 5.74) is 0.520. The van der Waals surface area contributed by atoms with E-state index in [2.05, 4.69) is 20.9 Å².